The van der Waals surface area contributed by atoms with E-state index in [0.717, 1.165) is 5.56 Å². The van der Waals surface area contributed by atoms with E-state index in [1.54, 1.807) is 19.1 Å². The Balaban J connectivity index is 1.40. The fourth-order valence-electron chi connectivity index (χ4n) is 4.00. The monoisotopic (exact) mass is 458 g/mol. The third kappa shape index (κ3) is 3.96. The molecule has 10 heteroatoms. The number of nitrogens with one attached hydrogen (secondary N) is 1. The van der Waals surface area contributed by atoms with Gasteiger partial charge in [-0.2, -0.15) is 4.31 Å². The predicted octanol–water partition coefficient (Wildman–Crippen LogP) is 1.43. The van der Waals surface area contributed by atoms with Crippen LogP contribution >= 0.6 is 0 Å². The summed E-state index contributed by atoms with van der Waals surface area (Å²) in [5.74, 6) is 0.270. The molecule has 2 aromatic rings. The average Bonchev–Trinajstić information content (AvgIpc) is 3.04. The Morgan fingerprint density at radius 2 is 1.59 bits per heavy atom. The van der Waals surface area contributed by atoms with E-state index in [0.29, 0.717) is 18.8 Å². The molecule has 0 spiro atoms. The fourth-order valence-corrected chi connectivity index (χ4v) is 5.42. The second-order valence-corrected chi connectivity index (χ2v) is 9.93. The van der Waals surface area contributed by atoms with Crippen molar-refractivity contribution in [2.45, 2.75) is 17.4 Å². The maximum absolute atomic E-state index is 13.1. The molecule has 1 N–H and O–H groups in total. The summed E-state index contributed by atoms with van der Waals surface area (Å²) in [5, 5.41) is 2.79. The van der Waals surface area contributed by atoms with E-state index >= 15 is 0 Å². The smallest absolute Gasteiger partial charge is 0.326 e. The first-order chi connectivity index (χ1) is 15.3. The van der Waals surface area contributed by atoms with Crippen LogP contribution < -0.4 is 10.1 Å². The highest BCUT2D eigenvalue weighted by Crippen LogP contribution is 2.29. The molecule has 32 heavy (non-hydrogen) atoms. The Bertz CT molecular complexity index is 1100. The lowest BCUT2D eigenvalue weighted by Gasteiger charge is -2.35. The van der Waals surface area contributed by atoms with Crippen LogP contribution in [0.5, 0.6) is 5.75 Å². The molecule has 2 aliphatic heterocycles. The van der Waals surface area contributed by atoms with Gasteiger partial charge in [-0.3, -0.25) is 9.69 Å². The van der Waals surface area contributed by atoms with Crippen molar-refractivity contribution in [3.8, 4) is 5.75 Å². The molecule has 1 atom stereocenters. The molecular formula is C22H26N4O5S. The van der Waals surface area contributed by atoms with Crippen LogP contribution in [-0.2, 0) is 20.4 Å². The fraction of sp³-hybridized carbons (Fsp3) is 0.364. The molecule has 0 bridgehead atoms. The number of urea groups is 1. The van der Waals surface area contributed by atoms with Gasteiger partial charge in [0.25, 0.3) is 5.91 Å². The standard InChI is InChI=1S/C22H26N4O5S/c1-22(17-6-4-3-5-7-17)20(27)26(21(28)23-22)16-24-12-14-25(15-13-24)32(29,30)19-10-8-18(31-2)9-11-19/h3-11H,12-16H2,1-2H3,(H,23,28). The highest BCUT2D eigenvalue weighted by Gasteiger charge is 2.49. The minimum atomic E-state index is -3.62. The molecule has 1 unspecified atom stereocenters. The van der Waals surface area contributed by atoms with Crippen LogP contribution in [0.4, 0.5) is 4.79 Å². The van der Waals surface area contributed by atoms with Crippen LogP contribution in [0.15, 0.2) is 59.5 Å². The first-order valence-corrected chi connectivity index (χ1v) is 11.8. The molecule has 2 saturated heterocycles. The number of sulfonamides is 1. The summed E-state index contributed by atoms with van der Waals surface area (Å²) in [6.45, 7) is 3.18. The van der Waals surface area contributed by atoms with Gasteiger partial charge in [0.1, 0.15) is 11.3 Å². The van der Waals surface area contributed by atoms with Crippen molar-refractivity contribution in [1.29, 1.82) is 0 Å². The third-order valence-electron chi connectivity index (χ3n) is 6.00. The highest BCUT2D eigenvalue weighted by molar-refractivity contribution is 7.89. The lowest BCUT2D eigenvalue weighted by molar-refractivity contribution is -0.132. The van der Waals surface area contributed by atoms with Crippen molar-refractivity contribution in [1.82, 2.24) is 19.4 Å². The maximum Gasteiger partial charge on any atom is 0.326 e. The van der Waals surface area contributed by atoms with Gasteiger partial charge in [-0.05, 0) is 36.8 Å². The van der Waals surface area contributed by atoms with Crippen LogP contribution in [0.3, 0.4) is 0 Å². The number of hydrogen-bond donors (Lipinski definition) is 1. The SMILES string of the molecule is COc1ccc(S(=O)(=O)N2CCN(CN3C(=O)NC(C)(c4ccccc4)C3=O)CC2)cc1. The summed E-state index contributed by atoms with van der Waals surface area (Å²) in [6, 6.07) is 15.0. The summed E-state index contributed by atoms with van der Waals surface area (Å²) in [6.07, 6.45) is 0. The number of imide groups is 1. The zero-order valence-corrected chi connectivity index (χ0v) is 18.8. The van der Waals surface area contributed by atoms with Gasteiger partial charge in [0.05, 0.1) is 18.7 Å². The van der Waals surface area contributed by atoms with Crippen LogP contribution in [0.2, 0.25) is 0 Å². The number of ether oxygens (including phenoxy) is 1. The summed E-state index contributed by atoms with van der Waals surface area (Å²) < 4.78 is 32.4. The van der Waals surface area contributed by atoms with E-state index < -0.39 is 21.6 Å². The number of hydrogen-bond acceptors (Lipinski definition) is 6. The van der Waals surface area contributed by atoms with E-state index in [4.69, 9.17) is 4.74 Å². The van der Waals surface area contributed by atoms with Gasteiger partial charge in [0, 0.05) is 26.2 Å². The van der Waals surface area contributed by atoms with Crippen LogP contribution in [0.25, 0.3) is 0 Å². The third-order valence-corrected chi connectivity index (χ3v) is 7.91. The van der Waals surface area contributed by atoms with Crippen LogP contribution in [0, 0.1) is 0 Å². The highest BCUT2D eigenvalue weighted by atomic mass is 32.2. The van der Waals surface area contributed by atoms with E-state index in [2.05, 4.69) is 5.32 Å². The van der Waals surface area contributed by atoms with E-state index in [1.807, 2.05) is 35.2 Å². The number of carbonyl (C=O) groups excluding carboxylic acids is 2. The minimum absolute atomic E-state index is 0.115. The molecule has 4 rings (SSSR count). The molecule has 0 radical (unpaired) electrons. The van der Waals surface area contributed by atoms with Crippen molar-refractivity contribution >= 4 is 22.0 Å². The Morgan fingerprint density at radius 3 is 2.19 bits per heavy atom. The van der Waals surface area contributed by atoms with E-state index in [-0.39, 0.29) is 30.6 Å². The lowest BCUT2D eigenvalue weighted by Crippen LogP contribution is -2.52. The maximum atomic E-state index is 13.1. The Kier molecular flexibility index (Phi) is 5.93. The molecule has 0 aromatic heterocycles. The molecule has 9 nitrogen and oxygen atoms in total. The second-order valence-electron chi connectivity index (χ2n) is 7.99. The Labute approximate surface area is 187 Å². The van der Waals surface area contributed by atoms with Crippen molar-refractivity contribution in [3.05, 3.63) is 60.2 Å². The molecular weight excluding hydrogens is 432 g/mol. The molecule has 170 valence electrons. The van der Waals surface area contributed by atoms with Crippen molar-refractivity contribution in [2.24, 2.45) is 0 Å². The van der Waals surface area contributed by atoms with Gasteiger partial charge >= 0.3 is 6.03 Å². The molecule has 2 heterocycles. The summed E-state index contributed by atoms with van der Waals surface area (Å²) in [4.78, 5) is 28.9. The largest absolute Gasteiger partial charge is 0.497 e. The summed E-state index contributed by atoms with van der Waals surface area (Å²) >= 11 is 0. The van der Waals surface area contributed by atoms with Gasteiger partial charge in [-0.1, -0.05) is 30.3 Å². The van der Waals surface area contributed by atoms with E-state index in [9.17, 15) is 18.0 Å². The molecule has 2 aromatic carbocycles. The van der Waals surface area contributed by atoms with Gasteiger partial charge < -0.3 is 10.1 Å². The molecule has 3 amide bonds. The first kappa shape index (κ1) is 22.3. The average molecular weight is 459 g/mol. The Hall–Kier alpha value is -2.95. The Morgan fingerprint density at radius 1 is 0.969 bits per heavy atom. The van der Waals surface area contributed by atoms with Crippen molar-refractivity contribution in [3.63, 3.8) is 0 Å². The topological polar surface area (TPSA) is 99.3 Å². The zero-order valence-electron chi connectivity index (χ0n) is 18.0. The minimum Gasteiger partial charge on any atom is -0.497 e. The van der Waals surface area contributed by atoms with E-state index in [1.165, 1.54) is 28.4 Å². The van der Waals surface area contributed by atoms with Crippen LogP contribution in [-0.4, -0.2) is 74.4 Å². The first-order valence-electron chi connectivity index (χ1n) is 10.3. The number of benzene rings is 2. The summed E-state index contributed by atoms with van der Waals surface area (Å²) in [5.41, 5.74) is -0.394. The molecule has 0 saturated carbocycles. The number of piperazine rings is 1. The van der Waals surface area contributed by atoms with Gasteiger partial charge in [-0.25, -0.2) is 18.1 Å². The van der Waals surface area contributed by atoms with Gasteiger partial charge in [-0.15, -0.1) is 0 Å². The van der Waals surface area contributed by atoms with Crippen molar-refractivity contribution in [2.75, 3.05) is 40.0 Å². The molecule has 2 fully saturated rings. The lowest BCUT2D eigenvalue weighted by atomic mass is 9.92. The number of nitrogens with zero attached hydrogens (tertiary/aromatic N) is 3. The molecule has 0 aliphatic carbocycles. The number of amides is 3. The van der Waals surface area contributed by atoms with Gasteiger partial charge in [0.15, 0.2) is 0 Å². The number of carbonyl (C=O) groups is 2. The normalized spacial score (nSPS) is 22.8. The number of rotatable bonds is 6. The quantitative estimate of drug-likeness (QED) is 0.658. The predicted molar refractivity (Wildman–Crippen MR) is 117 cm³/mol. The zero-order chi connectivity index (χ0) is 22.9. The van der Waals surface area contributed by atoms with Crippen LogP contribution in [0.1, 0.15) is 12.5 Å². The van der Waals surface area contributed by atoms with Gasteiger partial charge in [0.2, 0.25) is 10.0 Å². The van der Waals surface area contributed by atoms with Crippen molar-refractivity contribution < 1.29 is 22.7 Å². The molecule has 2 aliphatic rings. The summed E-state index contributed by atoms with van der Waals surface area (Å²) in [7, 11) is -2.10. The number of methoxy groups -OCH3 is 1. The second kappa shape index (κ2) is 8.53.